The molecule has 0 aromatic heterocycles. The van der Waals surface area contributed by atoms with E-state index >= 15 is 0 Å². The number of anilines is 1. The second-order valence-corrected chi connectivity index (χ2v) is 7.34. The molecule has 148 valence electrons. The molecule has 0 atom stereocenters. The van der Waals surface area contributed by atoms with Gasteiger partial charge in [-0.15, -0.1) is 0 Å². The number of benzene rings is 2. The minimum absolute atomic E-state index is 0.142. The van der Waals surface area contributed by atoms with Crippen LogP contribution in [0.4, 0.5) is 5.69 Å². The monoisotopic (exact) mass is 399 g/mol. The Bertz CT molecular complexity index is 831. The zero-order chi connectivity index (χ0) is 19.9. The van der Waals surface area contributed by atoms with Gasteiger partial charge >= 0.3 is 0 Å². The lowest BCUT2D eigenvalue weighted by molar-refractivity contribution is 0.0911. The van der Waals surface area contributed by atoms with Crippen molar-refractivity contribution >= 4 is 29.3 Å². The highest BCUT2D eigenvalue weighted by Crippen LogP contribution is 2.29. The molecule has 1 fully saturated rings. The fourth-order valence-corrected chi connectivity index (χ4v) is 3.50. The number of hydrogen-bond acceptors (Lipinski definition) is 4. The van der Waals surface area contributed by atoms with Crippen molar-refractivity contribution in [2.24, 2.45) is 0 Å². The largest absolute Gasteiger partial charge is 0.496 e. The Kier molecular flexibility index (Phi) is 6.95. The smallest absolute Gasteiger partial charge is 0.255 e. The molecule has 0 bridgehead atoms. The first kappa shape index (κ1) is 20.2. The van der Waals surface area contributed by atoms with Crippen LogP contribution in [0, 0.1) is 0 Å². The van der Waals surface area contributed by atoms with E-state index in [0.29, 0.717) is 22.0 Å². The molecular weight excluding hydrogens is 374 g/mol. The first-order valence-electron chi connectivity index (χ1n) is 9.44. The Balaban J connectivity index is 1.50. The Morgan fingerprint density at radius 3 is 2.68 bits per heavy atom. The number of likely N-dealkylation sites (tertiary alicyclic amines) is 1. The summed E-state index contributed by atoms with van der Waals surface area (Å²) in [6.07, 6.45) is 6.16. The van der Waals surface area contributed by atoms with Gasteiger partial charge in [-0.25, -0.2) is 0 Å². The number of ether oxygens (including phenoxy) is 1. The highest BCUT2D eigenvalue weighted by Gasteiger charge is 2.22. The van der Waals surface area contributed by atoms with Gasteiger partial charge in [0.05, 0.1) is 23.4 Å². The number of nitrogens with two attached hydrogens (primary N) is 1. The van der Waals surface area contributed by atoms with E-state index in [0.717, 1.165) is 32.5 Å². The van der Waals surface area contributed by atoms with Crippen LogP contribution in [0.25, 0.3) is 6.08 Å². The number of amides is 1. The number of nitrogens with zero attached hydrogens (tertiary/aromatic N) is 1. The van der Waals surface area contributed by atoms with Gasteiger partial charge in [0, 0.05) is 31.7 Å². The van der Waals surface area contributed by atoms with E-state index in [4.69, 9.17) is 22.1 Å². The summed E-state index contributed by atoms with van der Waals surface area (Å²) in [4.78, 5) is 15.0. The second kappa shape index (κ2) is 9.62. The van der Waals surface area contributed by atoms with Crippen molar-refractivity contribution < 1.29 is 9.53 Å². The van der Waals surface area contributed by atoms with Crippen LogP contribution in [-0.4, -0.2) is 43.6 Å². The summed E-state index contributed by atoms with van der Waals surface area (Å²) in [6, 6.07) is 13.6. The van der Waals surface area contributed by atoms with E-state index in [9.17, 15) is 4.79 Å². The van der Waals surface area contributed by atoms with Crippen molar-refractivity contribution in [3.8, 4) is 5.75 Å². The molecule has 3 N–H and O–H groups in total. The van der Waals surface area contributed by atoms with E-state index in [1.54, 1.807) is 12.1 Å². The van der Waals surface area contributed by atoms with Crippen molar-refractivity contribution in [2.75, 3.05) is 32.5 Å². The van der Waals surface area contributed by atoms with Crippen molar-refractivity contribution in [2.45, 2.75) is 18.9 Å². The molecule has 6 heteroatoms. The standard InChI is InChI=1S/C22H26ClN3O2/c1-28-21-15-20(24)19(23)14-18(21)22(27)25-17-9-12-26(13-10-17)11-5-8-16-6-3-2-4-7-16/h2-8,14-15,17H,9-13,24H2,1H3,(H,25,27)/b8-5+. The van der Waals surface area contributed by atoms with Gasteiger partial charge in [-0.2, -0.15) is 0 Å². The number of methoxy groups -OCH3 is 1. The summed E-state index contributed by atoms with van der Waals surface area (Å²) in [5.41, 5.74) is 7.80. The molecular formula is C22H26ClN3O2. The molecule has 0 unspecified atom stereocenters. The predicted octanol–water partition coefficient (Wildman–Crippen LogP) is 3.84. The molecule has 1 amide bonds. The van der Waals surface area contributed by atoms with E-state index in [1.165, 1.54) is 12.7 Å². The SMILES string of the molecule is COc1cc(N)c(Cl)cc1C(=O)NC1CCN(C/C=C/c2ccccc2)CC1. The number of piperidine rings is 1. The first-order chi connectivity index (χ1) is 13.6. The van der Waals surface area contributed by atoms with Crippen LogP contribution < -0.4 is 15.8 Å². The molecule has 0 aliphatic carbocycles. The maximum absolute atomic E-state index is 12.7. The third kappa shape index (κ3) is 5.27. The van der Waals surface area contributed by atoms with Crippen LogP contribution in [-0.2, 0) is 0 Å². The number of nitrogens with one attached hydrogen (secondary N) is 1. The van der Waals surface area contributed by atoms with Crippen LogP contribution in [0.15, 0.2) is 48.5 Å². The summed E-state index contributed by atoms with van der Waals surface area (Å²) >= 11 is 6.07. The number of halogens is 1. The number of carbonyl (C=O) groups is 1. The number of nitrogen functional groups attached to an aromatic ring is 1. The van der Waals surface area contributed by atoms with E-state index in [2.05, 4.69) is 34.5 Å². The van der Waals surface area contributed by atoms with Crippen LogP contribution in [0.3, 0.4) is 0 Å². The zero-order valence-corrected chi connectivity index (χ0v) is 16.8. The van der Waals surface area contributed by atoms with E-state index < -0.39 is 0 Å². The Morgan fingerprint density at radius 2 is 2.00 bits per heavy atom. The summed E-state index contributed by atoms with van der Waals surface area (Å²) in [5, 5.41) is 3.45. The Labute approximate surface area is 171 Å². The lowest BCUT2D eigenvalue weighted by Crippen LogP contribution is -2.44. The van der Waals surface area contributed by atoms with Gasteiger partial charge in [0.2, 0.25) is 0 Å². The van der Waals surface area contributed by atoms with Gasteiger partial charge in [0.15, 0.2) is 0 Å². The summed E-state index contributed by atoms with van der Waals surface area (Å²) < 4.78 is 5.27. The average molecular weight is 400 g/mol. The van der Waals surface area contributed by atoms with Crippen LogP contribution in [0.1, 0.15) is 28.8 Å². The van der Waals surface area contributed by atoms with E-state index in [1.807, 2.05) is 18.2 Å². The lowest BCUT2D eigenvalue weighted by atomic mass is 10.0. The number of rotatable bonds is 6. The topological polar surface area (TPSA) is 67.6 Å². The molecule has 0 radical (unpaired) electrons. The summed E-state index contributed by atoms with van der Waals surface area (Å²) in [7, 11) is 1.51. The highest BCUT2D eigenvalue weighted by molar-refractivity contribution is 6.33. The van der Waals surface area contributed by atoms with E-state index in [-0.39, 0.29) is 11.9 Å². The van der Waals surface area contributed by atoms with Crippen LogP contribution in [0.5, 0.6) is 5.75 Å². The molecule has 0 saturated carbocycles. The normalized spacial score (nSPS) is 15.6. The minimum atomic E-state index is -0.179. The molecule has 1 saturated heterocycles. The molecule has 1 aliphatic heterocycles. The van der Waals surface area contributed by atoms with Gasteiger partial charge < -0.3 is 15.8 Å². The van der Waals surface area contributed by atoms with Gasteiger partial charge in [-0.1, -0.05) is 54.1 Å². The molecule has 2 aromatic rings. The quantitative estimate of drug-likeness (QED) is 0.724. The molecule has 2 aromatic carbocycles. The molecule has 5 nitrogen and oxygen atoms in total. The summed E-state index contributed by atoms with van der Waals surface area (Å²) in [6.45, 7) is 2.81. The molecule has 3 rings (SSSR count). The zero-order valence-electron chi connectivity index (χ0n) is 16.0. The van der Waals surface area contributed by atoms with Crippen molar-refractivity contribution in [1.82, 2.24) is 10.2 Å². The Morgan fingerprint density at radius 1 is 1.29 bits per heavy atom. The van der Waals surface area contributed by atoms with Crippen molar-refractivity contribution in [3.63, 3.8) is 0 Å². The van der Waals surface area contributed by atoms with Gasteiger partial charge in [-0.05, 0) is 24.5 Å². The lowest BCUT2D eigenvalue weighted by Gasteiger charge is -2.31. The van der Waals surface area contributed by atoms with Crippen molar-refractivity contribution in [3.05, 3.63) is 64.7 Å². The van der Waals surface area contributed by atoms with Crippen LogP contribution >= 0.6 is 11.6 Å². The van der Waals surface area contributed by atoms with Gasteiger partial charge in [0.25, 0.3) is 5.91 Å². The minimum Gasteiger partial charge on any atom is -0.496 e. The fourth-order valence-electron chi connectivity index (χ4n) is 3.34. The van der Waals surface area contributed by atoms with Crippen molar-refractivity contribution in [1.29, 1.82) is 0 Å². The molecule has 1 aliphatic rings. The second-order valence-electron chi connectivity index (χ2n) is 6.94. The molecule has 28 heavy (non-hydrogen) atoms. The Hall–Kier alpha value is -2.50. The fraction of sp³-hybridized carbons (Fsp3) is 0.318. The molecule has 0 spiro atoms. The molecule has 1 heterocycles. The number of hydrogen-bond donors (Lipinski definition) is 2. The highest BCUT2D eigenvalue weighted by atomic mass is 35.5. The summed E-state index contributed by atoms with van der Waals surface area (Å²) in [5.74, 6) is 0.254. The third-order valence-corrected chi connectivity index (χ3v) is 5.29. The van der Waals surface area contributed by atoms with Gasteiger partial charge in [-0.3, -0.25) is 9.69 Å². The third-order valence-electron chi connectivity index (χ3n) is 4.96. The average Bonchev–Trinajstić information content (AvgIpc) is 2.71. The van der Waals surface area contributed by atoms with Gasteiger partial charge in [0.1, 0.15) is 5.75 Å². The predicted molar refractivity (Wildman–Crippen MR) is 115 cm³/mol. The van der Waals surface area contributed by atoms with Crippen LogP contribution in [0.2, 0.25) is 5.02 Å². The first-order valence-corrected chi connectivity index (χ1v) is 9.82. The maximum Gasteiger partial charge on any atom is 0.255 e. The number of carbonyl (C=O) groups excluding carboxylic acids is 1. The maximum atomic E-state index is 12.7.